The zero-order valence-electron chi connectivity index (χ0n) is 14.0. The summed E-state index contributed by atoms with van der Waals surface area (Å²) >= 11 is 0. The Hall–Kier alpha value is -3.45. The van der Waals surface area contributed by atoms with E-state index in [0.29, 0.717) is 5.56 Å². The standard InChI is InChI=1S/C11H8O2.Eu.HNO3.3NO3/c12-11(13)10-6-5-8-3-1-2-4-9(8)7-10;;4*2-1(3)4/h1-7H,(H,12,13);;(H,2,3,4);;;/q;+3;;3*-1. The molecule has 2 aromatic rings. The van der Waals surface area contributed by atoms with Crippen molar-refractivity contribution in [2.24, 2.45) is 0 Å². The number of hydrogen-bond donors (Lipinski definition) is 2. The predicted molar refractivity (Wildman–Crippen MR) is 90.8 cm³/mol. The Morgan fingerprint density at radius 2 is 1.00 bits per heavy atom. The first-order chi connectivity index (χ1) is 13.2. The fourth-order valence-electron chi connectivity index (χ4n) is 1.32. The van der Waals surface area contributed by atoms with Gasteiger partial charge in [-0.05, 0) is 22.9 Å². The van der Waals surface area contributed by atoms with Crippen LogP contribution in [-0.4, -0.2) is 36.6 Å². The van der Waals surface area contributed by atoms with E-state index in [4.69, 9.17) is 66.4 Å². The maximum atomic E-state index is 10.6. The maximum absolute atomic E-state index is 10.6. The van der Waals surface area contributed by atoms with Crippen LogP contribution in [0, 0.1) is 105 Å². The van der Waals surface area contributed by atoms with Crippen molar-refractivity contribution >= 4 is 16.7 Å². The van der Waals surface area contributed by atoms with Crippen LogP contribution in [0.2, 0.25) is 0 Å². The van der Waals surface area contributed by atoms with E-state index >= 15 is 0 Å². The second-order valence-electron chi connectivity index (χ2n) is 3.78. The number of hydrogen-bond acceptors (Lipinski definition) is 12. The van der Waals surface area contributed by atoms with Gasteiger partial charge in [-0.15, -0.1) is 10.1 Å². The van der Waals surface area contributed by atoms with Crippen LogP contribution in [0.1, 0.15) is 10.4 Å². The van der Waals surface area contributed by atoms with Crippen LogP contribution in [-0.2, 0) is 0 Å². The van der Waals surface area contributed by atoms with Crippen molar-refractivity contribution in [3.05, 3.63) is 104 Å². The zero-order chi connectivity index (χ0) is 23.6. The minimum Gasteiger partial charge on any atom is -0.478 e. The molecule has 0 fully saturated rings. The Bertz CT molecular complexity index is 768. The van der Waals surface area contributed by atoms with Gasteiger partial charge in [0.2, 0.25) is 0 Å². The van der Waals surface area contributed by atoms with Gasteiger partial charge in [-0.25, -0.2) is 4.79 Å². The molecule has 0 spiro atoms. The van der Waals surface area contributed by atoms with Gasteiger partial charge in [0.25, 0.3) is 5.09 Å². The van der Waals surface area contributed by atoms with Crippen molar-refractivity contribution in [1.82, 2.24) is 0 Å². The van der Waals surface area contributed by atoms with E-state index in [1.54, 1.807) is 12.1 Å². The second-order valence-corrected chi connectivity index (χ2v) is 3.78. The van der Waals surface area contributed by atoms with Gasteiger partial charge in [0.05, 0.1) is 20.8 Å². The van der Waals surface area contributed by atoms with Gasteiger partial charge in [0.15, 0.2) is 0 Å². The number of fused-ring (bicyclic) bond motifs is 1. The van der Waals surface area contributed by atoms with Crippen molar-refractivity contribution in [3.63, 3.8) is 0 Å². The number of aromatic carboxylic acids is 1. The molecule has 0 heterocycles. The average Bonchev–Trinajstić information content (AvgIpc) is 2.52. The molecule has 0 radical (unpaired) electrons. The molecule has 164 valence electrons. The average molecular weight is 573 g/mol. The molecule has 2 N–H and O–H groups in total. The summed E-state index contributed by atoms with van der Waals surface area (Å²) in [4.78, 5) is 43.8. The van der Waals surface area contributed by atoms with E-state index in [-0.39, 0.29) is 49.4 Å². The minimum absolute atomic E-state index is 0. The van der Waals surface area contributed by atoms with Crippen LogP contribution in [0.4, 0.5) is 0 Å². The number of carboxylic acid groups (broad SMARTS) is 1. The Balaban J connectivity index is -0.000000167. The first kappa shape index (κ1) is 34.1. The molecule has 2 rings (SSSR count). The molecule has 0 atom stereocenters. The smallest absolute Gasteiger partial charge is 0.478 e. The van der Waals surface area contributed by atoms with Gasteiger partial charge >= 0.3 is 55.3 Å². The first-order valence-electron chi connectivity index (χ1n) is 6.20. The van der Waals surface area contributed by atoms with Crippen molar-refractivity contribution in [2.45, 2.75) is 0 Å². The molecule has 0 aliphatic carbocycles. The third-order valence-corrected chi connectivity index (χ3v) is 2.00. The molecular weight excluding hydrogens is 564 g/mol. The third kappa shape index (κ3) is 32.2. The van der Waals surface area contributed by atoms with Crippen molar-refractivity contribution in [2.75, 3.05) is 0 Å². The normalized spacial score (nSPS) is 7.60. The van der Waals surface area contributed by atoms with E-state index in [0.717, 1.165) is 10.8 Å². The van der Waals surface area contributed by atoms with Crippen LogP contribution in [0.3, 0.4) is 0 Å². The molecular formula is C11H9EuN4O14. The minimum atomic E-state index is -1.75. The molecule has 0 aliphatic rings. The number of benzene rings is 2. The number of carboxylic acids is 1. The summed E-state index contributed by atoms with van der Waals surface area (Å²) in [7, 11) is 0. The van der Waals surface area contributed by atoms with E-state index in [1.165, 1.54) is 0 Å². The van der Waals surface area contributed by atoms with Gasteiger partial charge in [-0.1, -0.05) is 30.3 Å². The van der Waals surface area contributed by atoms with Gasteiger partial charge < -0.3 is 56.3 Å². The molecule has 0 aromatic heterocycles. The fourth-order valence-corrected chi connectivity index (χ4v) is 1.32. The van der Waals surface area contributed by atoms with Crippen LogP contribution in [0.15, 0.2) is 42.5 Å². The third-order valence-electron chi connectivity index (χ3n) is 2.00. The summed E-state index contributed by atoms with van der Waals surface area (Å²) in [6.45, 7) is 0. The molecule has 2 aromatic carbocycles. The molecule has 0 saturated carbocycles. The van der Waals surface area contributed by atoms with Crippen LogP contribution in [0.25, 0.3) is 10.8 Å². The number of nitrogens with zero attached hydrogens (tertiary/aromatic N) is 4. The van der Waals surface area contributed by atoms with Gasteiger partial charge in [-0.2, -0.15) is 0 Å². The van der Waals surface area contributed by atoms with E-state index in [1.807, 2.05) is 30.3 Å². The van der Waals surface area contributed by atoms with Crippen LogP contribution in [0.5, 0.6) is 0 Å². The van der Waals surface area contributed by atoms with Gasteiger partial charge in [0.1, 0.15) is 0 Å². The Morgan fingerprint density at radius 3 is 1.30 bits per heavy atom. The molecule has 30 heavy (non-hydrogen) atoms. The second kappa shape index (κ2) is 20.3. The van der Waals surface area contributed by atoms with E-state index < -0.39 is 26.3 Å². The summed E-state index contributed by atoms with van der Waals surface area (Å²) in [6, 6.07) is 12.8. The molecule has 18 nitrogen and oxygen atoms in total. The largest absolute Gasteiger partial charge is 3.00 e. The first-order valence-corrected chi connectivity index (χ1v) is 6.20. The van der Waals surface area contributed by atoms with Crippen molar-refractivity contribution < 1.29 is 84.8 Å². The molecule has 0 unspecified atom stereocenters. The van der Waals surface area contributed by atoms with E-state index in [2.05, 4.69) is 0 Å². The van der Waals surface area contributed by atoms with Crippen LogP contribution >= 0.6 is 0 Å². The monoisotopic (exact) mass is 574 g/mol. The summed E-state index contributed by atoms with van der Waals surface area (Å²) < 4.78 is 0. The quantitative estimate of drug-likeness (QED) is 0.361. The van der Waals surface area contributed by atoms with Gasteiger partial charge in [0, 0.05) is 0 Å². The number of carbonyl (C=O) groups is 1. The number of rotatable bonds is 1. The SMILES string of the molecule is O=C(O)c1ccc2ccccc2c1.O=[N+]([O-])O.O=[N+]([O-])[O-].O=[N+]([O-])[O-].O=[N+]([O-])[O-].[Eu+3]. The van der Waals surface area contributed by atoms with Crippen molar-refractivity contribution in [1.29, 1.82) is 0 Å². The molecule has 19 heteroatoms. The summed E-state index contributed by atoms with van der Waals surface area (Å²) in [5.41, 5.74) is 0.332. The fraction of sp³-hybridized carbons (Fsp3) is 0. The summed E-state index contributed by atoms with van der Waals surface area (Å²) in [5, 5.41) is 68.7. The van der Waals surface area contributed by atoms with Gasteiger partial charge in [-0.3, -0.25) is 0 Å². The van der Waals surface area contributed by atoms with E-state index in [9.17, 15) is 4.79 Å². The topological polar surface area (TPSA) is 299 Å². The molecule has 0 amide bonds. The summed E-state index contributed by atoms with van der Waals surface area (Å²) in [5.74, 6) is -0.884. The molecule has 0 bridgehead atoms. The maximum Gasteiger partial charge on any atom is 3.00 e. The molecule has 0 saturated heterocycles. The Morgan fingerprint density at radius 1 is 0.700 bits per heavy atom. The van der Waals surface area contributed by atoms with Crippen LogP contribution < -0.4 is 0 Å². The Kier molecular flexibility index (Phi) is 23.1. The zero-order valence-corrected chi connectivity index (χ0v) is 16.4. The summed E-state index contributed by atoms with van der Waals surface area (Å²) in [6.07, 6.45) is 0. The Labute approximate surface area is 204 Å². The molecule has 0 aliphatic heterocycles. The predicted octanol–water partition coefficient (Wildman–Crippen LogP) is 1.47. The van der Waals surface area contributed by atoms with Crippen molar-refractivity contribution in [3.8, 4) is 0 Å².